The van der Waals surface area contributed by atoms with E-state index in [2.05, 4.69) is 5.32 Å². The van der Waals surface area contributed by atoms with E-state index >= 15 is 0 Å². The number of fused-ring (bicyclic) bond motifs is 1. The van der Waals surface area contributed by atoms with Crippen LogP contribution in [0.5, 0.6) is 0 Å². The molecule has 0 unspecified atom stereocenters. The molecule has 4 amide bonds. The number of barbiturate groups is 1. The number of hydrogen-bond acceptors (Lipinski definition) is 3. The van der Waals surface area contributed by atoms with Gasteiger partial charge in [-0.05, 0) is 53.2 Å². The number of rotatable bonds is 3. The van der Waals surface area contributed by atoms with E-state index in [4.69, 9.17) is 0 Å². The fourth-order valence-electron chi connectivity index (χ4n) is 3.69. The quantitative estimate of drug-likeness (QED) is 0.407. The number of carbonyl (C=O) groups is 3. The molecule has 0 aliphatic carbocycles. The summed E-state index contributed by atoms with van der Waals surface area (Å²) in [6.07, 6.45) is 3.37. The van der Waals surface area contributed by atoms with E-state index in [1.165, 1.54) is 6.08 Å². The van der Waals surface area contributed by atoms with Crippen molar-refractivity contribution in [3.8, 4) is 5.69 Å². The molecule has 1 fully saturated rings. The van der Waals surface area contributed by atoms with Crippen LogP contribution in [0.15, 0.2) is 96.7 Å². The van der Waals surface area contributed by atoms with Crippen molar-refractivity contribution in [2.24, 2.45) is 0 Å². The lowest BCUT2D eigenvalue weighted by Gasteiger charge is -2.26. The Morgan fingerprint density at radius 2 is 1.45 bits per heavy atom. The zero-order chi connectivity index (χ0) is 21.4. The monoisotopic (exact) mass is 407 g/mol. The average Bonchev–Trinajstić information content (AvgIpc) is 3.25. The molecule has 1 aliphatic heterocycles. The predicted octanol–water partition coefficient (Wildman–Crippen LogP) is 4.30. The van der Waals surface area contributed by atoms with Gasteiger partial charge in [-0.1, -0.05) is 48.5 Å². The van der Waals surface area contributed by atoms with Crippen LogP contribution in [0.4, 0.5) is 10.5 Å². The largest absolute Gasteiger partial charge is 0.335 e. The van der Waals surface area contributed by atoms with Crippen molar-refractivity contribution in [3.63, 3.8) is 0 Å². The van der Waals surface area contributed by atoms with Crippen LogP contribution in [-0.2, 0) is 9.59 Å². The summed E-state index contributed by atoms with van der Waals surface area (Å²) in [7, 11) is 0. The molecule has 2 heterocycles. The van der Waals surface area contributed by atoms with Crippen molar-refractivity contribution < 1.29 is 14.4 Å². The molecule has 150 valence electrons. The number of amides is 4. The SMILES string of the molecule is O=C1NC(=O)N(c2ccccc2)C(=O)C1=Cc1cccn1-c1ccc2ccccc2c1. The highest BCUT2D eigenvalue weighted by Crippen LogP contribution is 2.24. The van der Waals surface area contributed by atoms with Gasteiger partial charge in [0, 0.05) is 17.6 Å². The number of hydrogen-bond donors (Lipinski definition) is 1. The van der Waals surface area contributed by atoms with Crippen LogP contribution >= 0.6 is 0 Å². The minimum absolute atomic E-state index is 0.107. The molecule has 1 aromatic heterocycles. The Labute approximate surface area is 178 Å². The number of anilines is 1. The molecule has 4 aromatic rings. The Morgan fingerprint density at radius 3 is 2.26 bits per heavy atom. The minimum atomic E-state index is -0.761. The molecule has 0 radical (unpaired) electrons. The Kier molecular flexibility index (Phi) is 4.45. The first-order chi connectivity index (χ1) is 15.1. The molecule has 0 atom stereocenters. The van der Waals surface area contributed by atoms with E-state index in [0.29, 0.717) is 11.4 Å². The van der Waals surface area contributed by atoms with Crippen LogP contribution in [-0.4, -0.2) is 22.4 Å². The van der Waals surface area contributed by atoms with Crippen LogP contribution in [0.25, 0.3) is 22.5 Å². The summed E-state index contributed by atoms with van der Waals surface area (Å²) in [5.74, 6) is -1.38. The first kappa shape index (κ1) is 18.6. The van der Waals surface area contributed by atoms with E-state index in [1.807, 2.05) is 65.4 Å². The number of imide groups is 2. The number of aromatic nitrogens is 1. The second-order valence-corrected chi connectivity index (χ2v) is 7.13. The summed E-state index contributed by atoms with van der Waals surface area (Å²) < 4.78 is 1.89. The van der Waals surface area contributed by atoms with E-state index in [0.717, 1.165) is 21.4 Å². The maximum atomic E-state index is 13.1. The number of carbonyl (C=O) groups excluding carboxylic acids is 3. The predicted molar refractivity (Wildman–Crippen MR) is 119 cm³/mol. The summed E-state index contributed by atoms with van der Waals surface area (Å²) in [5.41, 5.74) is 1.84. The van der Waals surface area contributed by atoms with Gasteiger partial charge in [-0.15, -0.1) is 0 Å². The van der Waals surface area contributed by atoms with Crippen molar-refractivity contribution in [2.75, 3.05) is 4.90 Å². The summed E-state index contributed by atoms with van der Waals surface area (Å²) in [4.78, 5) is 38.8. The smallest absolute Gasteiger partial charge is 0.317 e. The fraction of sp³-hybridized carbons (Fsp3) is 0. The molecule has 6 nitrogen and oxygen atoms in total. The minimum Gasteiger partial charge on any atom is -0.317 e. The Morgan fingerprint density at radius 1 is 0.710 bits per heavy atom. The van der Waals surface area contributed by atoms with Gasteiger partial charge >= 0.3 is 6.03 Å². The van der Waals surface area contributed by atoms with Crippen LogP contribution in [0.1, 0.15) is 5.69 Å². The Balaban J connectivity index is 1.56. The van der Waals surface area contributed by atoms with E-state index in [1.54, 1.807) is 30.3 Å². The first-order valence-electron chi connectivity index (χ1n) is 9.75. The third-order valence-corrected chi connectivity index (χ3v) is 5.20. The van der Waals surface area contributed by atoms with Crippen LogP contribution < -0.4 is 10.2 Å². The normalized spacial score (nSPS) is 15.5. The van der Waals surface area contributed by atoms with Gasteiger partial charge < -0.3 is 4.57 Å². The van der Waals surface area contributed by atoms with Crippen molar-refractivity contribution >= 4 is 40.4 Å². The molecular formula is C25H17N3O3. The third kappa shape index (κ3) is 3.30. The lowest BCUT2D eigenvalue weighted by atomic mass is 10.1. The van der Waals surface area contributed by atoms with E-state index in [-0.39, 0.29) is 5.57 Å². The van der Waals surface area contributed by atoms with Gasteiger partial charge in [-0.2, -0.15) is 0 Å². The van der Waals surface area contributed by atoms with Gasteiger partial charge in [-0.3, -0.25) is 14.9 Å². The van der Waals surface area contributed by atoms with Crippen molar-refractivity contribution in [1.29, 1.82) is 0 Å². The highest BCUT2D eigenvalue weighted by molar-refractivity contribution is 6.39. The molecule has 1 aliphatic rings. The molecular weight excluding hydrogens is 390 g/mol. The zero-order valence-electron chi connectivity index (χ0n) is 16.4. The summed E-state index contributed by atoms with van der Waals surface area (Å²) >= 11 is 0. The average molecular weight is 407 g/mol. The summed E-state index contributed by atoms with van der Waals surface area (Å²) in [5, 5.41) is 4.46. The third-order valence-electron chi connectivity index (χ3n) is 5.20. The molecule has 31 heavy (non-hydrogen) atoms. The Hall–Kier alpha value is -4.45. The molecule has 3 aromatic carbocycles. The molecule has 0 saturated carbocycles. The van der Waals surface area contributed by atoms with Gasteiger partial charge in [0.15, 0.2) is 0 Å². The van der Waals surface area contributed by atoms with Gasteiger partial charge in [0.05, 0.1) is 5.69 Å². The van der Waals surface area contributed by atoms with Crippen LogP contribution in [0.3, 0.4) is 0 Å². The topological polar surface area (TPSA) is 71.4 Å². The van der Waals surface area contributed by atoms with Crippen molar-refractivity contribution in [2.45, 2.75) is 0 Å². The molecule has 1 saturated heterocycles. The second-order valence-electron chi connectivity index (χ2n) is 7.13. The summed E-state index contributed by atoms with van der Waals surface area (Å²) in [6, 6.07) is 25.5. The Bertz CT molecular complexity index is 1370. The zero-order valence-corrected chi connectivity index (χ0v) is 16.4. The van der Waals surface area contributed by atoms with Crippen molar-refractivity contribution in [1.82, 2.24) is 9.88 Å². The summed E-state index contributed by atoms with van der Waals surface area (Å²) in [6.45, 7) is 0. The number of nitrogens with one attached hydrogen (secondary N) is 1. The first-order valence-corrected chi connectivity index (χ1v) is 9.75. The molecule has 0 spiro atoms. The fourth-order valence-corrected chi connectivity index (χ4v) is 3.69. The van der Waals surface area contributed by atoms with E-state index < -0.39 is 17.8 Å². The highest BCUT2D eigenvalue weighted by atomic mass is 16.2. The number of para-hydroxylation sites is 1. The van der Waals surface area contributed by atoms with Crippen LogP contribution in [0, 0.1) is 0 Å². The highest BCUT2D eigenvalue weighted by Gasteiger charge is 2.36. The number of benzene rings is 3. The van der Waals surface area contributed by atoms with Gasteiger partial charge in [0.1, 0.15) is 5.57 Å². The van der Waals surface area contributed by atoms with Crippen LogP contribution in [0.2, 0.25) is 0 Å². The maximum Gasteiger partial charge on any atom is 0.335 e. The standard InChI is InChI=1S/C25H17N3O3/c29-23-22(24(30)28(25(31)26-23)19-9-2-1-3-10-19)16-20-11-6-14-27(20)21-13-12-17-7-4-5-8-18(17)15-21/h1-16H,(H,26,29,31). The second kappa shape index (κ2) is 7.42. The molecule has 6 heteroatoms. The lowest BCUT2D eigenvalue weighted by molar-refractivity contribution is -0.122. The maximum absolute atomic E-state index is 13.1. The molecule has 1 N–H and O–H groups in total. The number of nitrogens with zero attached hydrogens (tertiary/aromatic N) is 2. The number of urea groups is 1. The lowest BCUT2D eigenvalue weighted by Crippen LogP contribution is -2.54. The molecule has 5 rings (SSSR count). The van der Waals surface area contributed by atoms with Gasteiger partial charge in [0.2, 0.25) is 0 Å². The van der Waals surface area contributed by atoms with Gasteiger partial charge in [-0.25, -0.2) is 9.69 Å². The van der Waals surface area contributed by atoms with Crippen molar-refractivity contribution in [3.05, 3.63) is 102 Å². The molecule has 0 bridgehead atoms. The van der Waals surface area contributed by atoms with E-state index in [9.17, 15) is 14.4 Å². The van der Waals surface area contributed by atoms with Gasteiger partial charge in [0.25, 0.3) is 11.8 Å².